The molecule has 0 atom stereocenters. The molecule has 0 nitrogen and oxygen atoms in total. The van der Waals surface area contributed by atoms with Crippen LogP contribution in [0, 0.1) is 0 Å². The van der Waals surface area contributed by atoms with Crippen LogP contribution in [0.25, 0.3) is 6.08 Å². The van der Waals surface area contributed by atoms with Crippen LogP contribution in [0.2, 0.25) is 10.0 Å². The second-order valence-electron chi connectivity index (χ2n) is 2.96. The lowest BCUT2D eigenvalue weighted by molar-refractivity contribution is 1.12. The smallest absolute Gasteiger partial charge is 0.0493 e. The second kappa shape index (κ2) is 5.79. The summed E-state index contributed by atoms with van der Waals surface area (Å²) >= 11 is 15.3. The summed E-state index contributed by atoms with van der Waals surface area (Å²) in [5.41, 5.74) is 2.33. The van der Waals surface area contributed by atoms with Crippen molar-refractivity contribution >= 4 is 45.2 Å². The van der Waals surface area contributed by atoms with E-state index in [1.165, 1.54) is 5.57 Å². The molecule has 1 rings (SSSR count). The first-order chi connectivity index (χ1) is 6.67. The van der Waals surface area contributed by atoms with Crippen molar-refractivity contribution in [1.82, 2.24) is 0 Å². The molecule has 0 bridgehead atoms. The molecule has 0 aliphatic rings. The number of allylic oxidation sites excluding steroid dienone is 1. The molecule has 0 saturated carbocycles. The van der Waals surface area contributed by atoms with Gasteiger partial charge < -0.3 is 0 Å². The zero-order valence-electron chi connectivity index (χ0n) is 7.86. The monoisotopic (exact) mass is 292 g/mol. The Bertz CT molecular complexity index is 339. The first-order valence-corrected chi connectivity index (χ1v) is 6.25. The van der Waals surface area contributed by atoms with Gasteiger partial charge in [-0.1, -0.05) is 63.8 Å². The maximum atomic E-state index is 6.04. The molecule has 0 radical (unpaired) electrons. The zero-order chi connectivity index (χ0) is 10.6. The van der Waals surface area contributed by atoms with Crippen molar-refractivity contribution < 1.29 is 0 Å². The van der Waals surface area contributed by atoms with Crippen molar-refractivity contribution in [3.05, 3.63) is 39.4 Å². The maximum Gasteiger partial charge on any atom is 0.0493 e. The lowest BCUT2D eigenvalue weighted by Gasteiger charge is -2.02. The molecule has 0 spiro atoms. The first-order valence-electron chi connectivity index (χ1n) is 4.37. The third-order valence-corrected chi connectivity index (χ3v) is 3.23. The fourth-order valence-corrected chi connectivity index (χ4v) is 2.10. The van der Waals surface area contributed by atoms with Crippen molar-refractivity contribution in [2.24, 2.45) is 0 Å². The van der Waals surface area contributed by atoms with Gasteiger partial charge in [0, 0.05) is 15.4 Å². The van der Waals surface area contributed by atoms with Gasteiger partial charge in [-0.3, -0.25) is 0 Å². The van der Waals surface area contributed by atoms with E-state index in [2.05, 4.69) is 28.9 Å². The van der Waals surface area contributed by atoms with Crippen LogP contribution in [0.4, 0.5) is 0 Å². The molecular weight excluding hydrogens is 283 g/mol. The zero-order valence-corrected chi connectivity index (χ0v) is 11.0. The van der Waals surface area contributed by atoms with E-state index >= 15 is 0 Å². The van der Waals surface area contributed by atoms with Crippen LogP contribution in [0.1, 0.15) is 18.9 Å². The third-order valence-electron chi connectivity index (χ3n) is 1.95. The van der Waals surface area contributed by atoms with Gasteiger partial charge in [0.05, 0.1) is 0 Å². The van der Waals surface area contributed by atoms with Crippen molar-refractivity contribution in [2.75, 3.05) is 5.33 Å². The standard InChI is InChI=1S/C11H11BrCl2/c1-2-8(7-12)5-9-3-4-10(13)6-11(9)14/h3-6H,2,7H2,1H3. The van der Waals surface area contributed by atoms with Gasteiger partial charge in [0.2, 0.25) is 0 Å². The Hall–Kier alpha value is 0.0200. The lowest BCUT2D eigenvalue weighted by atomic mass is 10.1. The molecule has 0 aliphatic carbocycles. The highest BCUT2D eigenvalue weighted by molar-refractivity contribution is 9.09. The number of alkyl halides is 1. The molecule has 1 aromatic carbocycles. The van der Waals surface area contributed by atoms with E-state index in [-0.39, 0.29) is 0 Å². The molecule has 76 valence electrons. The minimum absolute atomic E-state index is 0.670. The van der Waals surface area contributed by atoms with Crippen LogP contribution in [0.15, 0.2) is 23.8 Å². The summed E-state index contributed by atoms with van der Waals surface area (Å²) in [7, 11) is 0. The summed E-state index contributed by atoms with van der Waals surface area (Å²) in [6.07, 6.45) is 3.11. The molecule has 0 aliphatic heterocycles. The normalized spacial score (nSPS) is 11.9. The Morgan fingerprint density at radius 1 is 1.43 bits per heavy atom. The van der Waals surface area contributed by atoms with Gasteiger partial charge in [-0.2, -0.15) is 0 Å². The largest absolute Gasteiger partial charge is 0.0880 e. The highest BCUT2D eigenvalue weighted by Crippen LogP contribution is 2.24. The van der Waals surface area contributed by atoms with Gasteiger partial charge in [-0.05, 0) is 24.1 Å². The van der Waals surface area contributed by atoms with Crippen LogP contribution in [-0.4, -0.2) is 5.33 Å². The van der Waals surface area contributed by atoms with E-state index in [0.717, 1.165) is 17.3 Å². The second-order valence-corrected chi connectivity index (χ2v) is 4.36. The molecule has 14 heavy (non-hydrogen) atoms. The Morgan fingerprint density at radius 3 is 2.64 bits per heavy atom. The number of rotatable bonds is 3. The molecule has 0 amide bonds. The molecule has 1 aromatic rings. The minimum Gasteiger partial charge on any atom is -0.0880 e. The third kappa shape index (κ3) is 3.30. The number of hydrogen-bond donors (Lipinski definition) is 0. The molecule has 0 aromatic heterocycles. The summed E-state index contributed by atoms with van der Waals surface area (Å²) in [6, 6.07) is 5.54. The Labute approximate surface area is 103 Å². The van der Waals surface area contributed by atoms with Crippen molar-refractivity contribution in [3.8, 4) is 0 Å². The summed E-state index contributed by atoms with van der Waals surface area (Å²) in [5.74, 6) is 0. The van der Waals surface area contributed by atoms with Gasteiger partial charge >= 0.3 is 0 Å². The molecule has 3 heteroatoms. The molecular formula is C11H11BrCl2. The molecule has 0 N–H and O–H groups in total. The summed E-state index contributed by atoms with van der Waals surface area (Å²) in [4.78, 5) is 0. The molecule has 0 heterocycles. The van der Waals surface area contributed by atoms with Crippen LogP contribution < -0.4 is 0 Å². The summed E-state index contributed by atoms with van der Waals surface area (Å²) in [6.45, 7) is 2.12. The Balaban J connectivity index is 3.02. The number of hydrogen-bond acceptors (Lipinski definition) is 0. The van der Waals surface area contributed by atoms with E-state index in [1.54, 1.807) is 6.07 Å². The maximum absolute atomic E-state index is 6.04. The van der Waals surface area contributed by atoms with Crippen LogP contribution >= 0.6 is 39.1 Å². The van der Waals surface area contributed by atoms with E-state index in [9.17, 15) is 0 Å². The van der Waals surface area contributed by atoms with Gasteiger partial charge in [0.1, 0.15) is 0 Å². The van der Waals surface area contributed by atoms with Crippen LogP contribution in [0.5, 0.6) is 0 Å². The average molecular weight is 294 g/mol. The Kier molecular flexibility index (Phi) is 5.00. The minimum atomic E-state index is 0.670. The average Bonchev–Trinajstić information content (AvgIpc) is 2.17. The van der Waals surface area contributed by atoms with Gasteiger partial charge in [0.15, 0.2) is 0 Å². The predicted molar refractivity (Wildman–Crippen MR) is 68.5 cm³/mol. The van der Waals surface area contributed by atoms with Crippen LogP contribution in [0.3, 0.4) is 0 Å². The molecule has 0 saturated heterocycles. The quantitative estimate of drug-likeness (QED) is 0.674. The van der Waals surface area contributed by atoms with E-state index in [4.69, 9.17) is 23.2 Å². The van der Waals surface area contributed by atoms with Gasteiger partial charge in [0.25, 0.3) is 0 Å². The van der Waals surface area contributed by atoms with E-state index in [0.29, 0.717) is 10.0 Å². The molecule has 0 fully saturated rings. The van der Waals surface area contributed by atoms with Crippen molar-refractivity contribution in [3.63, 3.8) is 0 Å². The number of halogens is 3. The van der Waals surface area contributed by atoms with Crippen LogP contribution in [-0.2, 0) is 0 Å². The fraction of sp³-hybridized carbons (Fsp3) is 0.273. The summed E-state index contributed by atoms with van der Waals surface area (Å²) in [5, 5.41) is 2.25. The fourth-order valence-electron chi connectivity index (χ4n) is 1.07. The van der Waals surface area contributed by atoms with Gasteiger partial charge in [-0.25, -0.2) is 0 Å². The molecule has 0 unspecified atom stereocenters. The highest BCUT2D eigenvalue weighted by atomic mass is 79.9. The van der Waals surface area contributed by atoms with Crippen molar-refractivity contribution in [1.29, 1.82) is 0 Å². The summed E-state index contributed by atoms with van der Waals surface area (Å²) < 4.78 is 0. The SMILES string of the molecule is CCC(=Cc1ccc(Cl)cc1Cl)CBr. The van der Waals surface area contributed by atoms with Gasteiger partial charge in [-0.15, -0.1) is 0 Å². The predicted octanol–water partition coefficient (Wildman–Crippen LogP) is 5.18. The Morgan fingerprint density at radius 2 is 2.14 bits per heavy atom. The topological polar surface area (TPSA) is 0 Å². The first kappa shape index (κ1) is 12.1. The van der Waals surface area contributed by atoms with E-state index in [1.807, 2.05) is 12.1 Å². The van der Waals surface area contributed by atoms with E-state index < -0.39 is 0 Å². The van der Waals surface area contributed by atoms with Crippen molar-refractivity contribution in [2.45, 2.75) is 13.3 Å². The lowest BCUT2D eigenvalue weighted by Crippen LogP contribution is -1.83. The highest BCUT2D eigenvalue weighted by Gasteiger charge is 1.99. The number of benzene rings is 1.